The average molecular weight is 433 g/mol. The largest absolute Gasteiger partial charge is 0.0995 e. The summed E-state index contributed by atoms with van der Waals surface area (Å²) in [5.41, 5.74) is 12.7. The van der Waals surface area contributed by atoms with Crippen LogP contribution in [0.5, 0.6) is 0 Å². The first-order chi connectivity index (χ1) is 16.0. The summed E-state index contributed by atoms with van der Waals surface area (Å²) in [7, 11) is 0. The fourth-order valence-corrected chi connectivity index (χ4v) is 6.53. The molecule has 0 aliphatic heterocycles. The molecule has 0 aromatic heterocycles. The summed E-state index contributed by atoms with van der Waals surface area (Å²) in [6.45, 7) is 16.1. The molecular weight excluding hydrogens is 396 g/mol. The number of hydrogen-bond acceptors (Lipinski definition) is 0. The molecule has 2 aromatic rings. The van der Waals surface area contributed by atoms with Crippen molar-refractivity contribution in [2.24, 2.45) is 17.8 Å². The lowest BCUT2D eigenvalue weighted by Crippen LogP contribution is -2.31. The van der Waals surface area contributed by atoms with Crippen molar-refractivity contribution in [2.45, 2.75) is 52.4 Å². The summed E-state index contributed by atoms with van der Waals surface area (Å²) in [4.78, 5) is 0. The minimum atomic E-state index is 0.381. The molecule has 0 heterocycles. The Morgan fingerprint density at radius 1 is 1.09 bits per heavy atom. The van der Waals surface area contributed by atoms with Crippen molar-refractivity contribution >= 4 is 5.57 Å². The smallest absolute Gasteiger partial charge is 0.0123 e. The summed E-state index contributed by atoms with van der Waals surface area (Å²) in [5, 5.41) is 0. The van der Waals surface area contributed by atoms with Gasteiger partial charge in [-0.15, -0.1) is 0 Å². The number of allylic oxidation sites excluding steroid dienone is 8. The van der Waals surface area contributed by atoms with Crippen molar-refractivity contribution < 1.29 is 0 Å². The van der Waals surface area contributed by atoms with Crippen molar-refractivity contribution in [3.63, 3.8) is 0 Å². The lowest BCUT2D eigenvalue weighted by Gasteiger charge is -2.41. The van der Waals surface area contributed by atoms with Gasteiger partial charge in [0.25, 0.3) is 0 Å². The van der Waals surface area contributed by atoms with Gasteiger partial charge in [0.2, 0.25) is 0 Å². The second-order valence-corrected chi connectivity index (χ2v) is 10.3. The Morgan fingerprint density at radius 2 is 1.85 bits per heavy atom. The van der Waals surface area contributed by atoms with Crippen molar-refractivity contribution in [2.75, 3.05) is 0 Å². The Bertz CT molecular complexity index is 1180. The van der Waals surface area contributed by atoms with Gasteiger partial charge in [-0.25, -0.2) is 0 Å². The van der Waals surface area contributed by atoms with Gasteiger partial charge in [-0.05, 0) is 71.4 Å². The number of aryl methyl sites for hydroxylation is 1. The predicted octanol–water partition coefficient (Wildman–Crippen LogP) is 8.77. The maximum absolute atomic E-state index is 4.71. The molecule has 0 spiro atoms. The van der Waals surface area contributed by atoms with Crippen LogP contribution in [0.3, 0.4) is 0 Å². The van der Waals surface area contributed by atoms with Gasteiger partial charge in [0.05, 0.1) is 0 Å². The highest BCUT2D eigenvalue weighted by Crippen LogP contribution is 2.57. The van der Waals surface area contributed by atoms with Crippen molar-refractivity contribution in [3.05, 3.63) is 124 Å². The zero-order valence-electron chi connectivity index (χ0n) is 20.4. The molecule has 0 amide bonds. The lowest BCUT2D eigenvalue weighted by molar-refractivity contribution is 0.322. The highest BCUT2D eigenvalue weighted by molar-refractivity contribution is 5.81. The summed E-state index contributed by atoms with van der Waals surface area (Å²) < 4.78 is 0. The molecule has 1 fully saturated rings. The minimum Gasteiger partial charge on any atom is -0.0995 e. The quantitative estimate of drug-likeness (QED) is 0.414. The maximum Gasteiger partial charge on any atom is 0.0123 e. The summed E-state index contributed by atoms with van der Waals surface area (Å²) in [6, 6.07) is 18.1. The number of benzene rings is 2. The molecule has 168 valence electrons. The Balaban J connectivity index is 1.55. The molecule has 3 aliphatic carbocycles. The van der Waals surface area contributed by atoms with Gasteiger partial charge in [-0.1, -0.05) is 117 Å². The van der Waals surface area contributed by atoms with E-state index in [1.165, 1.54) is 44.5 Å². The van der Waals surface area contributed by atoms with Crippen LogP contribution in [-0.2, 0) is 6.42 Å². The number of hydrogen-bond donors (Lipinski definition) is 0. The molecule has 4 atom stereocenters. The first-order valence-electron chi connectivity index (χ1n) is 12.6. The van der Waals surface area contributed by atoms with Crippen LogP contribution in [0, 0.1) is 24.7 Å². The Kier molecular flexibility index (Phi) is 5.87. The van der Waals surface area contributed by atoms with Crippen LogP contribution in [0.15, 0.2) is 102 Å². The Morgan fingerprint density at radius 3 is 2.61 bits per heavy atom. The molecule has 2 aromatic carbocycles. The second kappa shape index (κ2) is 8.82. The van der Waals surface area contributed by atoms with Crippen LogP contribution < -0.4 is 0 Å². The zero-order chi connectivity index (χ0) is 23.1. The topological polar surface area (TPSA) is 0 Å². The zero-order valence-corrected chi connectivity index (χ0v) is 20.4. The molecular formula is C33H36. The van der Waals surface area contributed by atoms with Crippen LogP contribution >= 0.6 is 0 Å². The van der Waals surface area contributed by atoms with E-state index in [-0.39, 0.29) is 0 Å². The predicted molar refractivity (Wildman–Crippen MR) is 142 cm³/mol. The maximum atomic E-state index is 4.71. The molecule has 0 heteroatoms. The van der Waals surface area contributed by atoms with E-state index in [0.29, 0.717) is 23.7 Å². The van der Waals surface area contributed by atoms with E-state index in [0.717, 1.165) is 25.7 Å². The van der Waals surface area contributed by atoms with Crippen LogP contribution in [-0.4, -0.2) is 0 Å². The SMILES string of the molecule is C=C1/C(=C/C2=CCc3ccccc32)CC2=CC(C)C(C(=C)CCC)C(c3ccc(C)cc3)C12. The van der Waals surface area contributed by atoms with Gasteiger partial charge in [0, 0.05) is 11.8 Å². The second-order valence-electron chi connectivity index (χ2n) is 10.3. The van der Waals surface area contributed by atoms with E-state index >= 15 is 0 Å². The van der Waals surface area contributed by atoms with Gasteiger partial charge >= 0.3 is 0 Å². The van der Waals surface area contributed by atoms with E-state index in [1.54, 1.807) is 5.57 Å². The third-order valence-corrected chi connectivity index (χ3v) is 8.08. The standard InChI is InChI=1S/C33H36/c1-6-9-22(3)31-23(4)18-29-20-28(19-27-17-16-25-10-7-8-11-30(25)27)24(5)32(29)33(31)26-14-12-21(2)13-15-26/h7-8,10-15,17-19,23,31-33H,3,5-6,9,16,20H2,1-2,4H3/b28-19+. The van der Waals surface area contributed by atoms with Gasteiger partial charge in [-0.3, -0.25) is 0 Å². The highest BCUT2D eigenvalue weighted by Gasteiger charge is 2.45. The molecule has 0 radical (unpaired) electrons. The molecule has 33 heavy (non-hydrogen) atoms. The lowest BCUT2D eigenvalue weighted by atomic mass is 9.62. The fourth-order valence-electron chi connectivity index (χ4n) is 6.53. The average Bonchev–Trinajstić information content (AvgIpc) is 3.35. The van der Waals surface area contributed by atoms with E-state index in [9.17, 15) is 0 Å². The normalized spacial score (nSPS) is 27.2. The van der Waals surface area contributed by atoms with Crippen LogP contribution in [0.1, 0.15) is 61.3 Å². The molecule has 4 unspecified atom stereocenters. The molecule has 5 rings (SSSR count). The molecule has 0 N–H and O–H groups in total. The molecule has 0 nitrogen and oxygen atoms in total. The van der Waals surface area contributed by atoms with E-state index < -0.39 is 0 Å². The number of fused-ring (bicyclic) bond motifs is 2. The van der Waals surface area contributed by atoms with Gasteiger partial charge in [-0.2, -0.15) is 0 Å². The molecule has 3 aliphatic rings. The van der Waals surface area contributed by atoms with Crippen molar-refractivity contribution in [3.8, 4) is 0 Å². The molecule has 1 saturated carbocycles. The minimum absolute atomic E-state index is 0.381. The van der Waals surface area contributed by atoms with Gasteiger partial charge in [0.1, 0.15) is 0 Å². The third-order valence-electron chi connectivity index (χ3n) is 8.08. The van der Waals surface area contributed by atoms with Crippen molar-refractivity contribution in [1.82, 2.24) is 0 Å². The highest BCUT2D eigenvalue weighted by atomic mass is 14.5. The molecule has 0 saturated heterocycles. The first kappa shape index (κ1) is 22.0. The van der Waals surface area contributed by atoms with Crippen molar-refractivity contribution in [1.29, 1.82) is 0 Å². The van der Waals surface area contributed by atoms with E-state index in [1.807, 2.05) is 0 Å². The van der Waals surface area contributed by atoms with Crippen LogP contribution in [0.25, 0.3) is 5.57 Å². The summed E-state index contributed by atoms with van der Waals surface area (Å²) >= 11 is 0. The van der Waals surface area contributed by atoms with E-state index in [2.05, 4.69) is 94.1 Å². The third kappa shape index (κ3) is 3.90. The first-order valence-corrected chi connectivity index (χ1v) is 12.6. The fraction of sp³-hybridized carbons (Fsp3) is 0.333. The van der Waals surface area contributed by atoms with Gasteiger partial charge in [0.15, 0.2) is 0 Å². The molecule has 0 bridgehead atoms. The van der Waals surface area contributed by atoms with Crippen LogP contribution in [0.4, 0.5) is 0 Å². The van der Waals surface area contributed by atoms with Crippen LogP contribution in [0.2, 0.25) is 0 Å². The Labute approximate surface area is 200 Å². The monoisotopic (exact) mass is 432 g/mol. The van der Waals surface area contributed by atoms with Gasteiger partial charge < -0.3 is 0 Å². The summed E-state index contributed by atoms with van der Waals surface area (Å²) in [6.07, 6.45) is 11.7. The Hall–Kier alpha value is -2.86. The summed E-state index contributed by atoms with van der Waals surface area (Å²) in [5.74, 6) is 1.76. The number of rotatable bonds is 5. The van der Waals surface area contributed by atoms with E-state index in [4.69, 9.17) is 6.58 Å².